The predicted octanol–water partition coefficient (Wildman–Crippen LogP) is 3.01. The molecule has 3 rings (SSSR count). The summed E-state index contributed by atoms with van der Waals surface area (Å²) < 4.78 is 5.19. The molecule has 0 spiro atoms. The van der Waals surface area contributed by atoms with Gasteiger partial charge in [-0.05, 0) is 41.7 Å². The Bertz CT molecular complexity index is 849. The number of carboxylic acids is 1. The van der Waals surface area contributed by atoms with E-state index < -0.39 is 5.97 Å². The lowest BCUT2D eigenvalue weighted by atomic mass is 9.88. The van der Waals surface area contributed by atoms with Crippen LogP contribution in [0.4, 0.5) is 0 Å². The van der Waals surface area contributed by atoms with Crippen LogP contribution in [0.15, 0.2) is 48.7 Å². The van der Waals surface area contributed by atoms with E-state index in [-0.39, 0.29) is 12.3 Å². The number of carbonyl (C=O) groups excluding carboxylic acids is 1. The molecule has 0 unspecified atom stereocenters. The van der Waals surface area contributed by atoms with Crippen LogP contribution in [-0.4, -0.2) is 18.1 Å². The van der Waals surface area contributed by atoms with E-state index in [0.29, 0.717) is 0 Å². The first-order valence-corrected chi connectivity index (χ1v) is 8.06. The van der Waals surface area contributed by atoms with Crippen molar-refractivity contribution in [2.75, 3.05) is 7.11 Å². The fourth-order valence-corrected chi connectivity index (χ4v) is 3.23. The first-order chi connectivity index (χ1) is 11.6. The average molecular weight is 322 g/mol. The topological polar surface area (TPSA) is 65.2 Å². The van der Waals surface area contributed by atoms with Gasteiger partial charge in [-0.25, -0.2) is 0 Å². The van der Waals surface area contributed by atoms with Crippen LogP contribution in [0.1, 0.15) is 36.0 Å². The highest BCUT2D eigenvalue weighted by molar-refractivity contribution is 5.87. The van der Waals surface area contributed by atoms with E-state index in [4.69, 9.17) is 4.74 Å². The zero-order chi connectivity index (χ0) is 17.1. The van der Waals surface area contributed by atoms with Crippen molar-refractivity contribution in [1.82, 2.24) is 4.98 Å². The third kappa shape index (κ3) is 3.00. The lowest BCUT2D eigenvalue weighted by molar-refractivity contribution is -0.305. The number of benzene rings is 2. The van der Waals surface area contributed by atoms with Crippen molar-refractivity contribution in [2.45, 2.75) is 25.7 Å². The van der Waals surface area contributed by atoms with E-state index in [1.54, 1.807) is 7.11 Å². The highest BCUT2D eigenvalue weighted by Crippen LogP contribution is 2.35. The Balaban J connectivity index is 2.10. The molecule has 2 aromatic carbocycles. The molecular formula is C20H20NO3-. The summed E-state index contributed by atoms with van der Waals surface area (Å²) in [6.07, 6.45) is 2.78. The maximum Gasteiger partial charge on any atom is 0.118 e. The number of carboxylic acid groups (broad SMARTS) is 1. The van der Waals surface area contributed by atoms with E-state index in [0.717, 1.165) is 34.2 Å². The molecule has 0 saturated carbocycles. The van der Waals surface area contributed by atoms with Gasteiger partial charge in [0, 0.05) is 29.0 Å². The van der Waals surface area contributed by atoms with Crippen LogP contribution >= 0.6 is 0 Å². The Morgan fingerprint density at radius 3 is 2.58 bits per heavy atom. The summed E-state index contributed by atoms with van der Waals surface area (Å²) in [5, 5.41) is 12.4. The molecule has 0 amide bonds. The minimum atomic E-state index is -1.06. The number of aliphatic carboxylic acids is 1. The van der Waals surface area contributed by atoms with E-state index in [1.165, 1.54) is 5.56 Å². The molecule has 124 valence electrons. The molecule has 4 nitrogen and oxygen atoms in total. The van der Waals surface area contributed by atoms with Crippen LogP contribution in [-0.2, 0) is 11.2 Å². The number of fused-ring (bicyclic) bond motifs is 1. The Hall–Kier alpha value is -2.75. The van der Waals surface area contributed by atoms with Crippen LogP contribution in [0.25, 0.3) is 10.9 Å². The number of hydrogen-bond acceptors (Lipinski definition) is 3. The Morgan fingerprint density at radius 1 is 1.21 bits per heavy atom. The second kappa shape index (κ2) is 6.79. The molecule has 0 radical (unpaired) electrons. The van der Waals surface area contributed by atoms with Gasteiger partial charge in [0.1, 0.15) is 5.75 Å². The molecule has 0 fully saturated rings. The Kier molecular flexibility index (Phi) is 4.56. The largest absolute Gasteiger partial charge is 0.550 e. The summed E-state index contributed by atoms with van der Waals surface area (Å²) in [5.41, 5.74) is 4.21. The summed E-state index contributed by atoms with van der Waals surface area (Å²) in [4.78, 5) is 14.6. The maximum absolute atomic E-state index is 11.3. The quantitative estimate of drug-likeness (QED) is 0.758. The van der Waals surface area contributed by atoms with E-state index in [2.05, 4.69) is 18.0 Å². The molecule has 1 aromatic heterocycles. The first-order valence-electron chi connectivity index (χ1n) is 8.06. The van der Waals surface area contributed by atoms with Crippen molar-refractivity contribution in [2.24, 2.45) is 0 Å². The van der Waals surface area contributed by atoms with Crippen LogP contribution in [0.5, 0.6) is 5.75 Å². The highest BCUT2D eigenvalue weighted by atomic mass is 16.5. The average Bonchev–Trinajstić information content (AvgIpc) is 3.03. The molecule has 1 heterocycles. The van der Waals surface area contributed by atoms with Crippen LogP contribution in [0.3, 0.4) is 0 Å². The van der Waals surface area contributed by atoms with Crippen LogP contribution < -0.4 is 9.84 Å². The standard InChI is InChI=1S/C20H21NO3/c1-3-13-5-4-6-16-18(12-21-20(13)16)17(11-19(22)23)14-7-9-15(24-2)10-8-14/h4-10,12,17,21H,3,11H2,1-2H3,(H,22,23)/p-1/t17-/m0/s1. The number of nitrogens with one attached hydrogen (secondary N) is 1. The molecular weight excluding hydrogens is 302 g/mol. The number of aryl methyl sites for hydroxylation is 1. The van der Waals surface area contributed by atoms with Gasteiger partial charge in [0.25, 0.3) is 0 Å². The number of rotatable bonds is 6. The minimum absolute atomic E-state index is 0.0599. The van der Waals surface area contributed by atoms with Gasteiger partial charge in [-0.1, -0.05) is 37.3 Å². The van der Waals surface area contributed by atoms with E-state index >= 15 is 0 Å². The van der Waals surface area contributed by atoms with Crippen LogP contribution in [0, 0.1) is 0 Å². The summed E-state index contributed by atoms with van der Waals surface area (Å²) in [6.45, 7) is 2.11. The molecule has 1 atom stereocenters. The summed E-state index contributed by atoms with van der Waals surface area (Å²) in [7, 11) is 1.61. The molecule has 0 aliphatic carbocycles. The zero-order valence-corrected chi connectivity index (χ0v) is 13.8. The minimum Gasteiger partial charge on any atom is -0.550 e. The Labute approximate surface area is 141 Å². The lowest BCUT2D eigenvalue weighted by Crippen LogP contribution is -2.24. The fourth-order valence-electron chi connectivity index (χ4n) is 3.23. The van der Waals surface area contributed by atoms with Crippen molar-refractivity contribution in [3.63, 3.8) is 0 Å². The second-order valence-electron chi connectivity index (χ2n) is 5.84. The molecule has 0 aliphatic heterocycles. The molecule has 0 aliphatic rings. The third-order valence-corrected chi connectivity index (χ3v) is 4.48. The van der Waals surface area contributed by atoms with E-state index in [1.807, 2.05) is 42.6 Å². The summed E-state index contributed by atoms with van der Waals surface area (Å²) in [6, 6.07) is 13.7. The van der Waals surface area contributed by atoms with Gasteiger partial charge in [-0.2, -0.15) is 0 Å². The van der Waals surface area contributed by atoms with Crippen molar-refractivity contribution < 1.29 is 14.6 Å². The second-order valence-corrected chi connectivity index (χ2v) is 5.84. The van der Waals surface area contributed by atoms with Gasteiger partial charge < -0.3 is 19.6 Å². The molecule has 0 saturated heterocycles. The maximum atomic E-state index is 11.3. The summed E-state index contributed by atoms with van der Waals surface area (Å²) >= 11 is 0. The van der Waals surface area contributed by atoms with Crippen molar-refractivity contribution in [3.8, 4) is 5.75 Å². The molecule has 4 heteroatoms. The lowest BCUT2D eigenvalue weighted by Gasteiger charge is -2.18. The van der Waals surface area contributed by atoms with Gasteiger partial charge >= 0.3 is 0 Å². The molecule has 3 aromatic rings. The number of ether oxygens (including phenoxy) is 1. The van der Waals surface area contributed by atoms with Gasteiger partial charge in [0.2, 0.25) is 0 Å². The van der Waals surface area contributed by atoms with Gasteiger partial charge in [-0.15, -0.1) is 0 Å². The van der Waals surface area contributed by atoms with Gasteiger partial charge in [0.05, 0.1) is 7.11 Å². The highest BCUT2D eigenvalue weighted by Gasteiger charge is 2.19. The van der Waals surface area contributed by atoms with Crippen LogP contribution in [0.2, 0.25) is 0 Å². The number of methoxy groups -OCH3 is 1. The monoisotopic (exact) mass is 322 g/mol. The van der Waals surface area contributed by atoms with Gasteiger partial charge in [-0.3, -0.25) is 0 Å². The molecule has 24 heavy (non-hydrogen) atoms. The Morgan fingerprint density at radius 2 is 1.96 bits per heavy atom. The van der Waals surface area contributed by atoms with Gasteiger partial charge in [0.15, 0.2) is 0 Å². The number of carbonyl (C=O) groups is 1. The zero-order valence-electron chi connectivity index (χ0n) is 13.8. The predicted molar refractivity (Wildman–Crippen MR) is 92.1 cm³/mol. The number of aromatic nitrogens is 1. The number of H-pyrrole nitrogens is 1. The third-order valence-electron chi connectivity index (χ3n) is 4.48. The SMILES string of the molecule is CCc1cccc2c([C@@H](CC(=O)[O-])c3ccc(OC)cc3)c[nH]c12. The molecule has 1 N–H and O–H groups in total. The number of aromatic amines is 1. The first kappa shape index (κ1) is 16.1. The normalized spacial score (nSPS) is 12.2. The molecule has 0 bridgehead atoms. The van der Waals surface area contributed by atoms with E-state index in [9.17, 15) is 9.90 Å². The van der Waals surface area contributed by atoms with Crippen molar-refractivity contribution in [1.29, 1.82) is 0 Å². The van der Waals surface area contributed by atoms with Crippen molar-refractivity contribution in [3.05, 3.63) is 65.4 Å². The smallest absolute Gasteiger partial charge is 0.118 e. The fraction of sp³-hybridized carbons (Fsp3) is 0.250. The summed E-state index contributed by atoms with van der Waals surface area (Å²) in [5.74, 6) is -0.572. The number of para-hydroxylation sites is 1. The van der Waals surface area contributed by atoms with Crippen molar-refractivity contribution >= 4 is 16.9 Å². The number of hydrogen-bond donors (Lipinski definition) is 1.